The maximum atomic E-state index is 13.4. The van der Waals surface area contributed by atoms with Crippen LogP contribution in [0.25, 0.3) is 0 Å². The third kappa shape index (κ3) is 9.27. The summed E-state index contributed by atoms with van der Waals surface area (Å²) >= 11 is 3.26. The highest BCUT2D eigenvalue weighted by Crippen LogP contribution is 2.30. The highest BCUT2D eigenvalue weighted by molar-refractivity contribution is 9.10. The minimum atomic E-state index is -2.35. The van der Waals surface area contributed by atoms with E-state index in [1.54, 1.807) is 12.1 Å². The molecule has 0 unspecified atom stereocenters. The summed E-state index contributed by atoms with van der Waals surface area (Å²) in [5, 5.41) is 12.4. The first-order valence-corrected chi connectivity index (χ1v) is 13.6. The van der Waals surface area contributed by atoms with Crippen molar-refractivity contribution in [3.05, 3.63) is 76.3 Å². The normalized spacial score (nSPS) is 11.7. The molecule has 0 saturated carbocycles. The minimum absolute atomic E-state index is 0.0152. The number of ether oxygens (including phenoxy) is 6. The van der Waals surface area contributed by atoms with Crippen LogP contribution in [0, 0.1) is 0 Å². The van der Waals surface area contributed by atoms with Gasteiger partial charge in [0.05, 0.1) is 25.3 Å². The lowest BCUT2D eigenvalue weighted by Crippen LogP contribution is -2.48. The summed E-state index contributed by atoms with van der Waals surface area (Å²) in [5.41, 5.74) is -0.249. The number of hydrogen-bond acceptors (Lipinski definition) is 12. The van der Waals surface area contributed by atoms with Gasteiger partial charge in [-0.15, -0.1) is 0 Å². The van der Waals surface area contributed by atoms with E-state index in [2.05, 4.69) is 21.2 Å². The highest BCUT2D eigenvalue weighted by atomic mass is 79.9. The second-order valence-corrected chi connectivity index (χ2v) is 9.82. The first-order chi connectivity index (χ1) is 21.3. The van der Waals surface area contributed by atoms with E-state index >= 15 is 0 Å². The third-order valence-corrected chi connectivity index (χ3v) is 6.19. The highest BCUT2D eigenvalue weighted by Gasteiger charge is 2.41. The van der Waals surface area contributed by atoms with E-state index in [9.17, 15) is 33.9 Å². The molecule has 45 heavy (non-hydrogen) atoms. The number of hydrogen-bond donors (Lipinski definition) is 2. The van der Waals surface area contributed by atoms with Crippen molar-refractivity contribution < 1.29 is 62.3 Å². The molecule has 3 rings (SSSR count). The molecular formula is C30H26BrNO13. The number of carboxylic acid groups (broad SMARTS) is 1. The molecule has 3 aromatic carbocycles. The average Bonchev–Trinajstić information content (AvgIpc) is 2.99. The van der Waals surface area contributed by atoms with Crippen LogP contribution in [-0.2, 0) is 28.7 Å². The van der Waals surface area contributed by atoms with Crippen LogP contribution >= 0.6 is 15.9 Å². The Kier molecular flexibility index (Phi) is 11.6. The molecule has 0 spiro atoms. The monoisotopic (exact) mass is 687 g/mol. The molecule has 0 fully saturated rings. The smallest absolute Gasteiger partial charge is 0.349 e. The predicted molar refractivity (Wildman–Crippen MR) is 157 cm³/mol. The number of benzene rings is 3. The number of carboxylic acids is 1. The number of rotatable bonds is 12. The summed E-state index contributed by atoms with van der Waals surface area (Å²) in [6.45, 7) is 2.32. The van der Waals surface area contributed by atoms with Crippen molar-refractivity contribution >= 4 is 57.4 Å². The van der Waals surface area contributed by atoms with Gasteiger partial charge in [0.15, 0.2) is 23.0 Å². The van der Waals surface area contributed by atoms with Crippen molar-refractivity contribution in [2.45, 2.75) is 26.1 Å². The van der Waals surface area contributed by atoms with Crippen LogP contribution in [0.2, 0.25) is 0 Å². The zero-order valence-electron chi connectivity index (χ0n) is 24.2. The fourth-order valence-corrected chi connectivity index (χ4v) is 3.94. The lowest BCUT2D eigenvalue weighted by molar-refractivity contribution is -0.157. The number of amides is 1. The zero-order chi connectivity index (χ0) is 33.3. The average molecular weight is 688 g/mol. The molecule has 3 aromatic rings. The number of nitrogens with one attached hydrogen (secondary N) is 1. The molecule has 1 amide bonds. The van der Waals surface area contributed by atoms with Gasteiger partial charge in [-0.3, -0.25) is 14.4 Å². The van der Waals surface area contributed by atoms with Crippen LogP contribution < -0.4 is 24.3 Å². The molecule has 0 heterocycles. The van der Waals surface area contributed by atoms with Crippen molar-refractivity contribution in [1.29, 1.82) is 0 Å². The van der Waals surface area contributed by atoms with E-state index < -0.39 is 48.0 Å². The molecule has 0 bridgehead atoms. The molecule has 2 N–H and O–H groups in total. The van der Waals surface area contributed by atoms with Gasteiger partial charge >= 0.3 is 29.8 Å². The van der Waals surface area contributed by atoms with Crippen LogP contribution in [-0.4, -0.2) is 67.3 Å². The van der Waals surface area contributed by atoms with Crippen molar-refractivity contribution in [3.63, 3.8) is 0 Å². The van der Waals surface area contributed by atoms with Gasteiger partial charge in [0, 0.05) is 24.0 Å². The molecule has 15 heteroatoms. The lowest BCUT2D eigenvalue weighted by atomic mass is 10.1. The maximum Gasteiger partial charge on any atom is 0.349 e. The standard InChI is InChI=1S/C30H26BrNO13/c1-15(33)42-21-11-5-17(13-23(21)40-3)29(38)44-25(27(35)32-20-9-7-19(31)8-10-20)26(28(36)37)45-30(39)18-6-12-22(43-16(2)34)24(14-18)41-4/h5-14,25-26H,1-4H3,(H,32,35)(H,36,37)/t25-,26+/m1/s1. The lowest BCUT2D eigenvalue weighted by Gasteiger charge is -2.24. The molecule has 236 valence electrons. The van der Waals surface area contributed by atoms with Crippen molar-refractivity contribution in [3.8, 4) is 23.0 Å². The summed E-state index contributed by atoms with van der Waals surface area (Å²) in [4.78, 5) is 74.7. The summed E-state index contributed by atoms with van der Waals surface area (Å²) in [7, 11) is 2.49. The van der Waals surface area contributed by atoms with Gasteiger partial charge in [-0.05, 0) is 60.7 Å². The Morgan fingerprint density at radius 3 is 1.51 bits per heavy atom. The van der Waals surface area contributed by atoms with Crippen LogP contribution in [0.1, 0.15) is 34.6 Å². The molecule has 2 atom stereocenters. The Labute approximate surface area is 264 Å². The van der Waals surface area contributed by atoms with E-state index in [4.69, 9.17) is 28.4 Å². The topological polar surface area (TPSA) is 190 Å². The van der Waals surface area contributed by atoms with Crippen LogP contribution in [0.3, 0.4) is 0 Å². The van der Waals surface area contributed by atoms with E-state index in [-0.39, 0.29) is 39.8 Å². The first kappa shape index (κ1) is 34.1. The third-order valence-electron chi connectivity index (χ3n) is 5.66. The van der Waals surface area contributed by atoms with Gasteiger partial charge in [0.1, 0.15) is 0 Å². The Bertz CT molecular complexity index is 1620. The van der Waals surface area contributed by atoms with Gasteiger partial charge in [-0.2, -0.15) is 0 Å². The van der Waals surface area contributed by atoms with Crippen molar-refractivity contribution in [1.82, 2.24) is 0 Å². The summed E-state index contributed by atoms with van der Waals surface area (Å²) < 4.78 is 31.4. The molecule has 0 aromatic heterocycles. The largest absolute Gasteiger partial charge is 0.493 e. The Morgan fingerprint density at radius 1 is 0.667 bits per heavy atom. The van der Waals surface area contributed by atoms with Gasteiger partial charge in [0.2, 0.25) is 12.2 Å². The van der Waals surface area contributed by atoms with Gasteiger partial charge in [0.25, 0.3) is 5.91 Å². The summed E-state index contributed by atoms with van der Waals surface area (Å²) in [6.07, 6.45) is -4.57. The number of carbonyl (C=O) groups excluding carboxylic acids is 5. The number of halogens is 1. The second-order valence-electron chi connectivity index (χ2n) is 8.90. The molecule has 14 nitrogen and oxygen atoms in total. The Hall–Kier alpha value is -5.44. The van der Waals surface area contributed by atoms with E-state index in [1.807, 2.05) is 0 Å². The van der Waals surface area contributed by atoms with Crippen LogP contribution in [0.4, 0.5) is 5.69 Å². The fraction of sp³-hybridized carbons (Fsp3) is 0.200. The predicted octanol–water partition coefficient (Wildman–Crippen LogP) is 3.79. The Morgan fingerprint density at radius 2 is 1.11 bits per heavy atom. The molecule has 0 aliphatic heterocycles. The summed E-state index contributed by atoms with van der Waals surface area (Å²) in [5.74, 6) is -6.83. The summed E-state index contributed by atoms with van der Waals surface area (Å²) in [6, 6.07) is 13.2. The number of carbonyl (C=O) groups is 6. The minimum Gasteiger partial charge on any atom is -0.493 e. The number of esters is 4. The molecule has 0 aliphatic rings. The van der Waals surface area contributed by atoms with E-state index in [1.165, 1.54) is 50.6 Å². The number of aliphatic carboxylic acids is 1. The quantitative estimate of drug-likeness (QED) is 0.207. The maximum absolute atomic E-state index is 13.4. The van der Waals surface area contributed by atoms with E-state index in [0.717, 1.165) is 26.0 Å². The molecular weight excluding hydrogens is 662 g/mol. The van der Waals surface area contributed by atoms with Gasteiger partial charge in [-0.1, -0.05) is 15.9 Å². The number of methoxy groups -OCH3 is 2. The first-order valence-electron chi connectivity index (χ1n) is 12.8. The number of anilines is 1. The van der Waals surface area contributed by atoms with Crippen LogP contribution in [0.15, 0.2) is 65.1 Å². The van der Waals surface area contributed by atoms with Gasteiger partial charge < -0.3 is 38.8 Å². The second kappa shape index (κ2) is 15.3. The van der Waals surface area contributed by atoms with Gasteiger partial charge in [-0.25, -0.2) is 14.4 Å². The van der Waals surface area contributed by atoms with E-state index in [0.29, 0.717) is 4.47 Å². The molecule has 0 saturated heterocycles. The zero-order valence-corrected chi connectivity index (χ0v) is 25.7. The Balaban J connectivity index is 1.96. The van der Waals surface area contributed by atoms with Crippen molar-refractivity contribution in [2.24, 2.45) is 0 Å². The fourth-order valence-electron chi connectivity index (χ4n) is 3.68. The van der Waals surface area contributed by atoms with Crippen molar-refractivity contribution in [2.75, 3.05) is 19.5 Å². The van der Waals surface area contributed by atoms with Crippen LogP contribution in [0.5, 0.6) is 23.0 Å². The molecule has 0 radical (unpaired) electrons. The SMILES string of the molecule is COc1cc(C(=O)O[C@H](C(=O)O)[C@@H](OC(=O)c2ccc(OC(C)=O)c(OC)c2)C(=O)Nc2ccc(Br)cc2)ccc1OC(C)=O. The molecule has 0 aliphatic carbocycles.